The zero-order chi connectivity index (χ0) is 18.4. The van der Waals surface area contributed by atoms with Crippen LogP contribution < -0.4 is 10.1 Å². The van der Waals surface area contributed by atoms with Gasteiger partial charge in [0.1, 0.15) is 11.6 Å². The van der Waals surface area contributed by atoms with E-state index in [0.717, 1.165) is 0 Å². The number of piperidine rings is 1. The Bertz CT molecular complexity index is 762. The van der Waals surface area contributed by atoms with E-state index in [-0.39, 0.29) is 24.5 Å². The number of hydrogen-bond acceptors (Lipinski definition) is 4. The molecule has 1 aromatic heterocycles. The summed E-state index contributed by atoms with van der Waals surface area (Å²) in [5, 5.41) is 2.90. The largest absolute Gasteiger partial charge is 0.484 e. The summed E-state index contributed by atoms with van der Waals surface area (Å²) in [7, 11) is 0. The van der Waals surface area contributed by atoms with Crippen LogP contribution in [0.3, 0.4) is 0 Å². The number of halogens is 1. The first-order valence-electron chi connectivity index (χ1n) is 8.49. The minimum Gasteiger partial charge on any atom is -0.484 e. The van der Waals surface area contributed by atoms with Crippen LogP contribution >= 0.6 is 0 Å². The number of ether oxygens (including phenoxy) is 1. The van der Waals surface area contributed by atoms with E-state index >= 15 is 0 Å². The molecule has 6 nitrogen and oxygen atoms in total. The van der Waals surface area contributed by atoms with Gasteiger partial charge in [0.15, 0.2) is 6.61 Å². The van der Waals surface area contributed by atoms with Gasteiger partial charge >= 0.3 is 0 Å². The van der Waals surface area contributed by atoms with E-state index in [2.05, 4.69) is 10.3 Å². The van der Waals surface area contributed by atoms with Gasteiger partial charge in [0.05, 0.1) is 0 Å². The molecule has 1 N–H and O–H groups in total. The third kappa shape index (κ3) is 4.78. The summed E-state index contributed by atoms with van der Waals surface area (Å²) in [5.74, 6) is -0.369. The number of hydrogen-bond donors (Lipinski definition) is 1. The lowest BCUT2D eigenvalue weighted by molar-refractivity contribution is -0.124. The molecule has 0 unspecified atom stereocenters. The van der Waals surface area contributed by atoms with E-state index < -0.39 is 5.82 Å². The van der Waals surface area contributed by atoms with Crippen LogP contribution in [0.2, 0.25) is 0 Å². The number of rotatable bonds is 5. The molecule has 1 saturated heterocycles. The van der Waals surface area contributed by atoms with Crippen LogP contribution in [0.5, 0.6) is 5.75 Å². The van der Waals surface area contributed by atoms with Crippen LogP contribution in [0, 0.1) is 5.82 Å². The molecule has 0 aliphatic carbocycles. The van der Waals surface area contributed by atoms with Crippen LogP contribution in [0.1, 0.15) is 23.2 Å². The van der Waals surface area contributed by atoms with Gasteiger partial charge in [-0.1, -0.05) is 6.07 Å². The molecule has 136 valence electrons. The van der Waals surface area contributed by atoms with E-state index in [1.807, 2.05) is 0 Å². The molecular weight excluding hydrogens is 337 g/mol. The summed E-state index contributed by atoms with van der Waals surface area (Å²) in [6.45, 7) is 0.993. The number of amides is 2. The number of carbonyl (C=O) groups is 2. The molecule has 0 atom stereocenters. The Kier molecular flexibility index (Phi) is 5.78. The van der Waals surface area contributed by atoms with E-state index in [1.165, 1.54) is 18.2 Å². The molecule has 2 heterocycles. The van der Waals surface area contributed by atoms with Crippen LogP contribution in [-0.2, 0) is 4.79 Å². The second-order valence-corrected chi connectivity index (χ2v) is 6.12. The highest BCUT2D eigenvalue weighted by molar-refractivity contribution is 5.94. The maximum absolute atomic E-state index is 13.1. The smallest absolute Gasteiger partial charge is 0.258 e. The topological polar surface area (TPSA) is 71.5 Å². The summed E-state index contributed by atoms with van der Waals surface area (Å²) >= 11 is 0. The summed E-state index contributed by atoms with van der Waals surface area (Å²) in [5.41, 5.74) is 0.617. The minimum absolute atomic E-state index is 0.0000921. The Morgan fingerprint density at radius 3 is 2.62 bits per heavy atom. The lowest BCUT2D eigenvalue weighted by Crippen LogP contribution is -2.47. The molecule has 1 aliphatic rings. The van der Waals surface area contributed by atoms with Crippen molar-refractivity contribution < 1.29 is 18.7 Å². The number of likely N-dealkylation sites (tertiary alicyclic amines) is 1. The summed E-state index contributed by atoms with van der Waals surface area (Å²) in [6, 6.07) is 9.06. The third-order valence-electron chi connectivity index (χ3n) is 4.24. The maximum atomic E-state index is 13.1. The van der Waals surface area contributed by atoms with Gasteiger partial charge in [0, 0.05) is 43.2 Å². The fourth-order valence-electron chi connectivity index (χ4n) is 2.88. The van der Waals surface area contributed by atoms with E-state index in [0.29, 0.717) is 37.2 Å². The summed E-state index contributed by atoms with van der Waals surface area (Å²) in [4.78, 5) is 30.1. The van der Waals surface area contributed by atoms with Gasteiger partial charge in [-0.15, -0.1) is 0 Å². The lowest BCUT2D eigenvalue weighted by Gasteiger charge is -2.32. The first-order valence-corrected chi connectivity index (χ1v) is 8.49. The molecule has 1 fully saturated rings. The van der Waals surface area contributed by atoms with E-state index in [4.69, 9.17) is 4.74 Å². The quantitative estimate of drug-likeness (QED) is 0.889. The monoisotopic (exact) mass is 357 g/mol. The molecule has 0 saturated carbocycles. The molecule has 1 aliphatic heterocycles. The van der Waals surface area contributed by atoms with Crippen LogP contribution in [0.25, 0.3) is 0 Å². The van der Waals surface area contributed by atoms with Gasteiger partial charge in [-0.25, -0.2) is 4.39 Å². The van der Waals surface area contributed by atoms with Crippen molar-refractivity contribution in [2.24, 2.45) is 0 Å². The Morgan fingerprint density at radius 2 is 1.92 bits per heavy atom. The highest BCUT2D eigenvalue weighted by Gasteiger charge is 2.24. The first-order chi connectivity index (χ1) is 12.6. The van der Waals surface area contributed by atoms with Crippen LogP contribution in [-0.4, -0.2) is 47.4 Å². The van der Waals surface area contributed by atoms with Crippen LogP contribution in [0.15, 0.2) is 48.8 Å². The van der Waals surface area contributed by atoms with Crippen LogP contribution in [0.4, 0.5) is 4.39 Å². The number of nitrogens with one attached hydrogen (secondary N) is 1. The van der Waals surface area contributed by atoms with Crippen molar-refractivity contribution in [1.29, 1.82) is 0 Å². The van der Waals surface area contributed by atoms with Crippen molar-refractivity contribution in [3.8, 4) is 5.75 Å². The van der Waals surface area contributed by atoms with Gasteiger partial charge in [-0.05, 0) is 37.1 Å². The predicted octanol–water partition coefficient (Wildman–Crippen LogP) is 2.02. The number of aromatic nitrogens is 1. The average molecular weight is 357 g/mol. The van der Waals surface area contributed by atoms with Crippen molar-refractivity contribution >= 4 is 11.8 Å². The lowest BCUT2D eigenvalue weighted by atomic mass is 10.0. The molecule has 0 radical (unpaired) electrons. The molecule has 0 bridgehead atoms. The Labute approximate surface area is 151 Å². The number of pyridine rings is 1. The molecule has 0 spiro atoms. The highest BCUT2D eigenvalue weighted by Crippen LogP contribution is 2.14. The van der Waals surface area contributed by atoms with Crippen molar-refractivity contribution in [2.45, 2.75) is 18.9 Å². The second kappa shape index (κ2) is 8.42. The van der Waals surface area contributed by atoms with Crippen molar-refractivity contribution in [1.82, 2.24) is 15.2 Å². The predicted molar refractivity (Wildman–Crippen MR) is 93.2 cm³/mol. The molecule has 7 heteroatoms. The minimum atomic E-state index is -0.408. The van der Waals surface area contributed by atoms with E-state index in [1.54, 1.807) is 35.5 Å². The molecular formula is C19H20FN3O3. The Morgan fingerprint density at radius 1 is 1.19 bits per heavy atom. The third-order valence-corrected chi connectivity index (χ3v) is 4.24. The molecule has 2 aromatic rings. The zero-order valence-electron chi connectivity index (χ0n) is 14.2. The number of nitrogens with zero attached hydrogens (tertiary/aromatic N) is 2. The summed E-state index contributed by atoms with van der Waals surface area (Å²) in [6.07, 6.45) is 4.56. The van der Waals surface area contributed by atoms with Gasteiger partial charge in [0.2, 0.25) is 0 Å². The molecule has 26 heavy (non-hydrogen) atoms. The summed E-state index contributed by atoms with van der Waals surface area (Å²) < 4.78 is 18.4. The van der Waals surface area contributed by atoms with E-state index in [9.17, 15) is 14.0 Å². The van der Waals surface area contributed by atoms with Gasteiger partial charge in [-0.2, -0.15) is 0 Å². The Balaban J connectivity index is 1.42. The number of carbonyl (C=O) groups excluding carboxylic acids is 2. The highest BCUT2D eigenvalue weighted by atomic mass is 19.1. The van der Waals surface area contributed by atoms with Crippen molar-refractivity contribution in [3.63, 3.8) is 0 Å². The zero-order valence-corrected chi connectivity index (χ0v) is 14.2. The molecule has 1 aromatic carbocycles. The first kappa shape index (κ1) is 17.8. The SMILES string of the molecule is O=C(COc1cccc(F)c1)NC1CCN(C(=O)c2ccncc2)CC1. The second-order valence-electron chi connectivity index (χ2n) is 6.12. The fourth-order valence-corrected chi connectivity index (χ4v) is 2.88. The molecule has 2 amide bonds. The fraction of sp³-hybridized carbons (Fsp3) is 0.316. The normalized spacial score (nSPS) is 14.7. The average Bonchev–Trinajstić information content (AvgIpc) is 2.67. The number of benzene rings is 1. The Hall–Kier alpha value is -2.96. The van der Waals surface area contributed by atoms with Gasteiger partial charge in [-0.3, -0.25) is 14.6 Å². The van der Waals surface area contributed by atoms with Gasteiger partial charge < -0.3 is 15.0 Å². The molecule has 3 rings (SSSR count). The van der Waals surface area contributed by atoms with Gasteiger partial charge in [0.25, 0.3) is 11.8 Å². The standard InChI is InChI=1S/C19H20FN3O3/c20-15-2-1-3-17(12-15)26-13-18(24)22-16-6-10-23(11-7-16)19(25)14-4-8-21-9-5-14/h1-5,8-9,12,16H,6-7,10-11,13H2,(H,22,24). The maximum Gasteiger partial charge on any atom is 0.258 e. The van der Waals surface area contributed by atoms with Crippen molar-refractivity contribution in [3.05, 3.63) is 60.2 Å². The van der Waals surface area contributed by atoms with Crippen molar-refractivity contribution in [2.75, 3.05) is 19.7 Å².